The summed E-state index contributed by atoms with van der Waals surface area (Å²) in [6.07, 6.45) is 36.8. The Hall–Kier alpha value is -2.15. The average Bonchev–Trinajstić information content (AvgIpc) is 1.50. The molecule has 0 heterocycles. The van der Waals surface area contributed by atoms with E-state index in [1.54, 1.807) is 6.08 Å². The summed E-state index contributed by atoms with van der Waals surface area (Å²) in [5, 5.41) is 42.7. The second kappa shape index (κ2) is 48.5. The van der Waals surface area contributed by atoms with Crippen LogP contribution in [-0.2, 0) is 81.3 Å². The third-order valence-corrected chi connectivity index (χ3v) is 44.8. The van der Waals surface area contributed by atoms with Crippen LogP contribution in [0.5, 0.6) is 0 Å². The number of ether oxygens (including phenoxy) is 3. The van der Waals surface area contributed by atoms with Gasteiger partial charge in [-0.1, -0.05) is 114 Å². The van der Waals surface area contributed by atoms with Crippen molar-refractivity contribution < 1.29 is 196 Å². The van der Waals surface area contributed by atoms with E-state index in [-0.39, 0.29) is 205 Å². The van der Waals surface area contributed by atoms with Crippen LogP contribution in [0.15, 0.2) is 23.3 Å². The molecule has 0 amide bonds. The fourth-order valence-corrected chi connectivity index (χ4v) is 35.8. The molecular weight excluding hydrogens is 2010 g/mol. The van der Waals surface area contributed by atoms with Gasteiger partial charge in [0.2, 0.25) is 0 Å². The number of fused-ring (bicyclic) bond motifs is 25. The molecule has 0 bridgehead atoms. The zero-order chi connectivity index (χ0) is 102. The van der Waals surface area contributed by atoms with Crippen LogP contribution in [0.4, 0.5) is 0 Å². The van der Waals surface area contributed by atoms with Gasteiger partial charge >= 0.3 is 115 Å². The van der Waals surface area contributed by atoms with Gasteiger partial charge in [-0.25, -0.2) is 20.1 Å². The number of halogens is 3. The first-order chi connectivity index (χ1) is 64.3. The molecule has 4 radical (unpaired) electrons. The van der Waals surface area contributed by atoms with Crippen molar-refractivity contribution in [2.24, 2.45) is 167 Å². The van der Waals surface area contributed by atoms with E-state index in [0.717, 1.165) is 159 Å². The van der Waals surface area contributed by atoms with E-state index in [2.05, 4.69) is 66.2 Å². The van der Waals surface area contributed by atoms with Crippen LogP contribution in [0.1, 0.15) is 377 Å². The van der Waals surface area contributed by atoms with E-state index < -0.39 is 79.3 Å². The van der Waals surface area contributed by atoms with Gasteiger partial charge < -0.3 is 44.5 Å². The molecule has 143 heavy (non-hydrogen) atoms. The number of aliphatic hydroxyl groups excluding tert-OH is 3. The Kier molecular flexibility index (Phi) is 42.7. The zero-order valence-corrected chi connectivity index (χ0v) is 96.4. The Morgan fingerprint density at radius 3 is 1.22 bits per heavy atom. The Morgan fingerprint density at radius 1 is 0.469 bits per heavy atom. The number of carbonyl (C=O) groups is 14. The average molecular weight is 2190 g/mol. The molecule has 0 aromatic carbocycles. The first-order valence-electron chi connectivity index (χ1n) is 52.6. The minimum atomic E-state index is -5.69. The topological polar surface area (TPSA) is 437 Å². The smallest absolute Gasteiger partial charge is 1.00 e. The second-order valence-electron chi connectivity index (χ2n) is 49.1. The minimum Gasteiger partial charge on any atom is -1.00 e. The van der Waals surface area contributed by atoms with Crippen molar-refractivity contribution >= 4 is 123 Å². The van der Waals surface area contributed by atoms with Crippen LogP contribution >= 0.6 is 20.1 Å². The van der Waals surface area contributed by atoms with Gasteiger partial charge in [-0.2, -0.15) is 0 Å². The van der Waals surface area contributed by atoms with E-state index in [1.165, 1.54) is 64.5 Å². The van der Waals surface area contributed by atoms with Crippen LogP contribution in [0.2, 0.25) is 5.28 Å². The fourth-order valence-electron chi connectivity index (χ4n) is 35.8. The van der Waals surface area contributed by atoms with Crippen molar-refractivity contribution in [1.82, 2.24) is 0 Å². The Bertz CT molecular complexity index is 4770. The maximum Gasteiger partial charge on any atom is 1.00 e. The van der Waals surface area contributed by atoms with Crippen molar-refractivity contribution in [3.8, 4) is 0 Å². The van der Waals surface area contributed by atoms with Crippen LogP contribution in [0, 0.1) is 167 Å². The second-order valence-corrected chi connectivity index (χ2v) is 56.8. The molecule has 17 unspecified atom stereocenters. The summed E-state index contributed by atoms with van der Waals surface area (Å²) < 4.78 is 48.2. The largest absolute Gasteiger partial charge is 1.00 e. The quantitative estimate of drug-likeness (QED) is 0.0461. The Morgan fingerprint density at radius 2 is 0.839 bits per heavy atom. The molecular formula is C111H169AlBCl2INa2O25. The van der Waals surface area contributed by atoms with E-state index in [1.807, 2.05) is 27.7 Å². The van der Waals surface area contributed by atoms with E-state index in [4.69, 9.17) is 43.3 Å². The summed E-state index contributed by atoms with van der Waals surface area (Å²) in [5.41, 5.74) is -0.541. The number of allylic oxidation sites excluding steroid dienone is 3. The van der Waals surface area contributed by atoms with Crippen molar-refractivity contribution in [3.05, 3.63) is 23.3 Å². The predicted octanol–water partition coefficient (Wildman–Crippen LogP) is 7.02. The van der Waals surface area contributed by atoms with Gasteiger partial charge in [-0.15, -0.1) is 0 Å². The number of esters is 4. The van der Waals surface area contributed by atoms with Gasteiger partial charge in [0, 0.05) is 141 Å². The first kappa shape index (κ1) is 126. The molecule has 0 saturated heterocycles. The third-order valence-electron chi connectivity index (χ3n) is 42.3. The van der Waals surface area contributed by atoms with Gasteiger partial charge in [-0.05, 0) is 320 Å². The molecule has 0 aromatic heterocycles. The van der Waals surface area contributed by atoms with Crippen molar-refractivity contribution in [1.29, 1.82) is 0 Å². The fraction of sp³-hybridized carbons (Fsp3) is 0.838. The Balaban J connectivity index is 0.000000232. The molecule has 0 aromatic rings. The Labute approximate surface area is 918 Å². The summed E-state index contributed by atoms with van der Waals surface area (Å²) >= 11 is -6.90. The van der Waals surface area contributed by atoms with Gasteiger partial charge in [0.15, 0.2) is 11.6 Å². The summed E-state index contributed by atoms with van der Waals surface area (Å²) in [4.78, 5) is 168. The molecule has 20 aliphatic carbocycles. The normalized spacial score (nSPS) is 44.1. The monoisotopic (exact) mass is 2180 g/mol. The molecule has 19 saturated carbocycles. The summed E-state index contributed by atoms with van der Waals surface area (Å²) in [5.74, 6) is 7.58. The molecule has 34 atom stereocenters. The molecule has 32 heteroatoms. The number of carbonyl (C=O) groups excluding carboxylic acids is 14. The molecule has 0 aliphatic heterocycles. The molecule has 792 valence electrons. The van der Waals surface area contributed by atoms with E-state index >= 15 is 0 Å². The van der Waals surface area contributed by atoms with Gasteiger partial charge in [0.25, 0.3) is 0 Å². The van der Waals surface area contributed by atoms with E-state index in [9.17, 15) is 87.5 Å². The summed E-state index contributed by atoms with van der Waals surface area (Å²) in [6, 6.07) is 0. The van der Waals surface area contributed by atoms with Crippen LogP contribution in [-0.4, -0.2) is 163 Å². The van der Waals surface area contributed by atoms with Crippen LogP contribution in [0.25, 0.3) is 0 Å². The molecule has 0 spiro atoms. The maximum absolute atomic E-state index is 13.4. The number of ketones is 10. The summed E-state index contributed by atoms with van der Waals surface area (Å²) in [7, 11) is 10.7. The minimum absolute atomic E-state index is 0. The number of Topliss-reactive ketones (excluding diaryl/α,β-unsaturated/α-hetero) is 9. The maximum atomic E-state index is 13.4. The molecule has 19 fully saturated rings. The van der Waals surface area contributed by atoms with Gasteiger partial charge in [-0.3, -0.25) is 77.4 Å². The molecule has 5 N–H and O–H groups in total. The summed E-state index contributed by atoms with van der Waals surface area (Å²) in [6.45, 7) is 30.7. The SMILES string of the molecule is C.C.C/C=C1/CCC2C3CC[C@@H]4C[C@@H](OC(C)=O)CC[C@]4(C)C3C(=O)C[C@]12C.CC(=O)OC(C)=O.CC(=O)O[C@H]1CC[C@]2(C)C3C(=O)C[C@]4(C)C(=O)CCC4C3CC[C@@H]2C1.C[C@]12CCC(=O)C=C1CCC1C2[C@@H](O)C[C@@]2(C)C1CC[C@]2(O)C(=O)CO.C[C@]12CCC(=O)CC1CCC1C2C(=O)C[C@]2(C)C(=O)CCC12.C[C@]12CC[C@H](O)CC1CCC1C2C(=O)C[C@]2(C)C(=O)CCC12.C[CH2][Al]([Cl])[Cl].[B-].[H-].[Na+].[Na+].[O-][I+3]([O-])([O-])O. The number of hydrogen-bond acceptors (Lipinski definition) is 25. The molecule has 25 nitrogen and oxygen atoms in total. The van der Waals surface area contributed by atoms with Crippen molar-refractivity contribution in [2.45, 2.75) is 411 Å². The van der Waals surface area contributed by atoms with Gasteiger partial charge in [0.05, 0.1) is 12.2 Å². The molecule has 20 rings (SSSR count). The van der Waals surface area contributed by atoms with Crippen molar-refractivity contribution in [3.63, 3.8) is 0 Å². The number of rotatable bonds is 5. The van der Waals surface area contributed by atoms with Crippen LogP contribution < -0.4 is 89.5 Å². The standard InChI is InChI=1S/C23H34O3.C21H30O5.C21H30O4.C19H28O3.C19H26O3.C4H6O3.C2H5.2CH4.Al.B.2ClH.HIO4.2Na.H/c1-5-15-7-9-19-18-8-6-16-12-17(26-14(2)24)10-11-22(16,3)21(18)20(25)13-23(15,19)4;1-19-7-5-13(23)9-12(19)3-4-14-15-6-8-21(26,17(25)11-22)20(15,2)10-16(24)18(14)19;1-12(22)25-14-8-9-20(2)13(10-14)4-5-15-16-6-7-18(24)21(16,3)11-17(23)19(15)20;2*1-18-8-7-12(20)9-11(18)3-4-13-14-5-6-16(22)19(14,2)10-15(21)17(13)18;1-3(5)7-4(2)6;1-2;;;;;;;2-1(3,4)5;;;/h5,16-19,21H,6-13H2,1-4H3;9,14-16,18,22,24,26H,3-8,10-11H2,1-2H3;13-16,19H,4-11H2,1-3H3;11-14,17,20H,3-10H2,1-2H3;11,13-14,17H,3-10H2,1-2H3;1-2H3;1H2,2H3;2*1H4;;;2*1H;2H;;;/q;;;;;;;;;+2;-1;;;;2*+1;-1/p-2/b15-5-;;;;;;;;;;;;;;;;/t16-,17+,18?,19?,21?,22+,23-;14?,15?,16-,18?,19-,20-,21-;13-,14+,15?,16?,19?,20+,21+;11?,12-,13?,14?,17?,18-,19-;11?,13?,14?,17?,18-,19-;;;;;;;;;;;;/m10100............/s1. The third kappa shape index (κ3) is 24.3. The van der Waals surface area contributed by atoms with Gasteiger partial charge in [0.1, 0.15) is 70.7 Å². The number of aliphatic hydroxyl groups is 4. The molecule has 20 aliphatic rings. The number of hydrogen-bond donors (Lipinski definition) is 5. The zero-order valence-electron chi connectivity index (χ0n) is 88.6. The van der Waals surface area contributed by atoms with Crippen LogP contribution in [0.3, 0.4) is 0 Å². The van der Waals surface area contributed by atoms with Crippen molar-refractivity contribution in [2.75, 3.05) is 6.61 Å². The predicted molar refractivity (Wildman–Crippen MR) is 527 cm³/mol. The first-order valence-corrected chi connectivity index (χ1v) is 60.5. The van der Waals surface area contributed by atoms with E-state index in [0.29, 0.717) is 188 Å².